The van der Waals surface area contributed by atoms with Crippen molar-refractivity contribution in [1.29, 1.82) is 0 Å². The summed E-state index contributed by atoms with van der Waals surface area (Å²) >= 11 is 1.66. The molecule has 1 aliphatic rings. The SMILES string of the molecule is C(#Cc1ccccc1/C=N/N1CCc2ccccc21)c1ccsc1. The second-order valence-electron chi connectivity index (χ2n) is 5.60. The van der Waals surface area contributed by atoms with Gasteiger partial charge in [0.2, 0.25) is 0 Å². The molecule has 1 aliphatic heterocycles. The van der Waals surface area contributed by atoms with E-state index in [0.717, 1.165) is 29.7 Å². The molecule has 4 rings (SSSR count). The van der Waals surface area contributed by atoms with Crippen LogP contribution in [-0.2, 0) is 6.42 Å². The lowest BCUT2D eigenvalue weighted by molar-refractivity contribution is 0.896. The van der Waals surface area contributed by atoms with E-state index in [1.165, 1.54) is 11.3 Å². The van der Waals surface area contributed by atoms with Crippen molar-refractivity contribution in [1.82, 2.24) is 0 Å². The lowest BCUT2D eigenvalue weighted by atomic mass is 10.1. The normalized spacial score (nSPS) is 12.9. The van der Waals surface area contributed by atoms with Crippen molar-refractivity contribution in [2.75, 3.05) is 11.6 Å². The number of hydrazone groups is 1. The topological polar surface area (TPSA) is 15.6 Å². The summed E-state index contributed by atoms with van der Waals surface area (Å²) in [6.07, 6.45) is 2.97. The average molecular weight is 328 g/mol. The molecule has 2 heterocycles. The highest BCUT2D eigenvalue weighted by atomic mass is 32.1. The second kappa shape index (κ2) is 6.74. The highest BCUT2D eigenvalue weighted by Crippen LogP contribution is 2.27. The minimum atomic E-state index is 0.929. The molecule has 1 aromatic heterocycles. The summed E-state index contributed by atoms with van der Waals surface area (Å²) in [4.78, 5) is 0. The van der Waals surface area contributed by atoms with Crippen molar-refractivity contribution >= 4 is 23.2 Å². The van der Waals surface area contributed by atoms with Crippen LogP contribution in [-0.4, -0.2) is 12.8 Å². The number of rotatable bonds is 2. The molecule has 0 fully saturated rings. The molecule has 0 radical (unpaired) electrons. The first-order chi connectivity index (χ1) is 11.9. The van der Waals surface area contributed by atoms with Crippen LogP contribution in [0.15, 0.2) is 70.5 Å². The minimum Gasteiger partial charge on any atom is -0.265 e. The van der Waals surface area contributed by atoms with E-state index in [-0.39, 0.29) is 0 Å². The molecule has 0 unspecified atom stereocenters. The molecule has 0 saturated heterocycles. The molecule has 0 N–H and O–H groups in total. The zero-order valence-corrected chi connectivity index (χ0v) is 14.0. The number of nitrogens with zero attached hydrogens (tertiary/aromatic N) is 2. The highest BCUT2D eigenvalue weighted by Gasteiger charge is 2.16. The third-order valence-corrected chi connectivity index (χ3v) is 4.71. The maximum Gasteiger partial charge on any atom is 0.0626 e. The number of anilines is 1. The van der Waals surface area contributed by atoms with Crippen LogP contribution in [0.25, 0.3) is 0 Å². The Labute approximate surface area is 146 Å². The Morgan fingerprint density at radius 3 is 2.79 bits per heavy atom. The van der Waals surface area contributed by atoms with Crippen LogP contribution in [0, 0.1) is 11.8 Å². The molecule has 0 amide bonds. The number of thiophene rings is 1. The first-order valence-corrected chi connectivity index (χ1v) is 8.87. The number of fused-ring (bicyclic) bond motifs is 1. The van der Waals surface area contributed by atoms with Crippen molar-refractivity contribution in [2.45, 2.75) is 6.42 Å². The molecular weight excluding hydrogens is 312 g/mol. The van der Waals surface area contributed by atoms with Crippen LogP contribution in [0.4, 0.5) is 5.69 Å². The Morgan fingerprint density at radius 1 is 1.00 bits per heavy atom. The van der Waals surface area contributed by atoms with Gasteiger partial charge in [0.15, 0.2) is 0 Å². The van der Waals surface area contributed by atoms with Crippen LogP contribution in [0.5, 0.6) is 0 Å². The van der Waals surface area contributed by atoms with Crippen LogP contribution < -0.4 is 5.01 Å². The number of para-hydroxylation sites is 1. The predicted molar refractivity (Wildman–Crippen MR) is 102 cm³/mol. The molecule has 0 atom stereocenters. The molecule has 0 aliphatic carbocycles. The van der Waals surface area contributed by atoms with Gasteiger partial charge in [0.25, 0.3) is 0 Å². The first-order valence-electron chi connectivity index (χ1n) is 7.93. The van der Waals surface area contributed by atoms with Crippen LogP contribution >= 0.6 is 11.3 Å². The van der Waals surface area contributed by atoms with Gasteiger partial charge in [-0.3, -0.25) is 5.01 Å². The fourth-order valence-electron chi connectivity index (χ4n) is 2.77. The summed E-state index contributed by atoms with van der Waals surface area (Å²) in [5.74, 6) is 6.47. The standard InChI is InChI=1S/C21H16N2S/c1-2-7-20(18(5-1)10-9-17-12-14-24-16-17)15-22-23-13-11-19-6-3-4-8-21(19)23/h1-8,12,14-16H,11,13H2/b22-15+. The van der Waals surface area contributed by atoms with Crippen LogP contribution in [0.1, 0.15) is 22.3 Å². The van der Waals surface area contributed by atoms with E-state index >= 15 is 0 Å². The van der Waals surface area contributed by atoms with Gasteiger partial charge in [-0.05, 0) is 35.6 Å². The predicted octanol–water partition coefficient (Wildman–Crippen LogP) is 4.54. The Hall–Kier alpha value is -2.83. The quantitative estimate of drug-likeness (QED) is 0.498. The van der Waals surface area contributed by atoms with Crippen LogP contribution in [0.2, 0.25) is 0 Å². The summed E-state index contributed by atoms with van der Waals surface area (Å²) < 4.78 is 0. The maximum absolute atomic E-state index is 4.68. The van der Waals surface area contributed by atoms with E-state index < -0.39 is 0 Å². The van der Waals surface area contributed by atoms with Crippen molar-refractivity contribution in [3.63, 3.8) is 0 Å². The summed E-state index contributed by atoms with van der Waals surface area (Å²) in [6, 6.07) is 18.6. The number of benzene rings is 2. The molecule has 0 saturated carbocycles. The Kier molecular flexibility index (Phi) is 4.14. The smallest absolute Gasteiger partial charge is 0.0626 e. The van der Waals surface area contributed by atoms with Crippen molar-refractivity contribution < 1.29 is 0 Å². The molecule has 24 heavy (non-hydrogen) atoms. The van der Waals surface area contributed by atoms with Gasteiger partial charge in [-0.15, -0.1) is 0 Å². The lowest BCUT2D eigenvalue weighted by Gasteiger charge is -2.12. The zero-order chi connectivity index (χ0) is 16.2. The summed E-state index contributed by atoms with van der Waals surface area (Å²) in [5, 5.41) is 10.9. The van der Waals surface area contributed by atoms with Gasteiger partial charge in [0.1, 0.15) is 0 Å². The fraction of sp³-hybridized carbons (Fsp3) is 0.0952. The molecule has 2 aromatic carbocycles. The monoisotopic (exact) mass is 328 g/mol. The summed E-state index contributed by atoms with van der Waals surface area (Å²) in [6.45, 7) is 0.929. The van der Waals surface area contributed by atoms with Gasteiger partial charge in [-0.1, -0.05) is 48.2 Å². The Balaban J connectivity index is 1.59. The van der Waals surface area contributed by atoms with E-state index in [4.69, 9.17) is 0 Å². The highest BCUT2D eigenvalue weighted by molar-refractivity contribution is 7.08. The van der Waals surface area contributed by atoms with Gasteiger partial charge < -0.3 is 0 Å². The van der Waals surface area contributed by atoms with E-state index in [9.17, 15) is 0 Å². The molecule has 2 nitrogen and oxygen atoms in total. The number of hydrogen-bond acceptors (Lipinski definition) is 3. The molecule has 0 spiro atoms. The zero-order valence-electron chi connectivity index (χ0n) is 13.1. The minimum absolute atomic E-state index is 0.929. The number of hydrogen-bond donors (Lipinski definition) is 0. The van der Waals surface area contributed by atoms with Gasteiger partial charge in [0.05, 0.1) is 11.9 Å². The molecule has 3 aromatic rings. The van der Waals surface area contributed by atoms with Gasteiger partial charge in [-0.2, -0.15) is 16.4 Å². The summed E-state index contributed by atoms with van der Waals surface area (Å²) in [5.41, 5.74) is 5.67. The second-order valence-corrected chi connectivity index (χ2v) is 6.38. The maximum atomic E-state index is 4.68. The molecule has 0 bridgehead atoms. The van der Waals surface area contributed by atoms with Gasteiger partial charge in [0, 0.05) is 28.6 Å². The van der Waals surface area contributed by atoms with E-state index in [1.54, 1.807) is 11.3 Å². The third kappa shape index (κ3) is 3.10. The van der Waals surface area contributed by atoms with E-state index in [1.807, 2.05) is 35.9 Å². The Bertz CT molecular complexity index is 930. The van der Waals surface area contributed by atoms with Crippen molar-refractivity contribution in [3.05, 3.63) is 87.6 Å². The van der Waals surface area contributed by atoms with Crippen molar-refractivity contribution in [2.24, 2.45) is 5.10 Å². The summed E-state index contributed by atoms with van der Waals surface area (Å²) in [7, 11) is 0. The largest absolute Gasteiger partial charge is 0.265 e. The van der Waals surface area contributed by atoms with Crippen LogP contribution in [0.3, 0.4) is 0 Å². The average Bonchev–Trinajstić information content (AvgIpc) is 3.29. The van der Waals surface area contributed by atoms with Crippen molar-refractivity contribution in [3.8, 4) is 11.8 Å². The van der Waals surface area contributed by atoms with E-state index in [0.29, 0.717) is 0 Å². The first kappa shape index (κ1) is 14.7. The third-order valence-electron chi connectivity index (χ3n) is 4.02. The molecule has 3 heteroatoms. The fourth-order valence-corrected chi connectivity index (χ4v) is 3.36. The molecular formula is C21H16N2S. The van der Waals surface area contributed by atoms with Gasteiger partial charge in [-0.25, -0.2) is 0 Å². The van der Waals surface area contributed by atoms with E-state index in [2.05, 4.69) is 57.7 Å². The Morgan fingerprint density at radius 2 is 1.88 bits per heavy atom. The molecule has 116 valence electrons. The lowest BCUT2D eigenvalue weighted by Crippen LogP contribution is -2.12. The van der Waals surface area contributed by atoms with Gasteiger partial charge >= 0.3 is 0 Å².